The number of carboxylic acids is 1. The summed E-state index contributed by atoms with van der Waals surface area (Å²) in [6, 6.07) is 12.7. The molecule has 1 unspecified atom stereocenters. The summed E-state index contributed by atoms with van der Waals surface area (Å²) in [5.41, 5.74) is 2.06. The van der Waals surface area contributed by atoms with Gasteiger partial charge in [0.1, 0.15) is 12.4 Å². The highest BCUT2D eigenvalue weighted by Crippen LogP contribution is 2.42. The molecule has 3 heterocycles. The first kappa shape index (κ1) is 31.1. The summed E-state index contributed by atoms with van der Waals surface area (Å²) in [7, 11) is 0. The Hall–Kier alpha value is -3.38. The number of fused-ring (bicyclic) bond motifs is 1. The molecule has 2 fully saturated rings. The van der Waals surface area contributed by atoms with E-state index in [1.807, 2.05) is 18.2 Å². The molecule has 11 heteroatoms. The van der Waals surface area contributed by atoms with Crippen molar-refractivity contribution >= 4 is 23.5 Å². The number of ether oxygens (including phenoxy) is 1. The number of nitrogens with zero attached hydrogens (tertiary/aromatic N) is 3. The second-order valence-electron chi connectivity index (χ2n) is 12.4. The Kier molecular flexibility index (Phi) is 9.45. The number of amides is 2. The van der Waals surface area contributed by atoms with Crippen molar-refractivity contribution in [2.24, 2.45) is 0 Å². The van der Waals surface area contributed by atoms with Gasteiger partial charge in [-0.1, -0.05) is 24.3 Å². The first-order chi connectivity index (χ1) is 20.5. The number of rotatable bonds is 9. The summed E-state index contributed by atoms with van der Waals surface area (Å²) in [6.07, 6.45) is 0.534. The third-order valence-electron chi connectivity index (χ3n) is 8.96. The zero-order chi connectivity index (χ0) is 30.7. The van der Waals surface area contributed by atoms with E-state index in [1.165, 1.54) is 12.1 Å². The van der Waals surface area contributed by atoms with E-state index in [-0.39, 0.29) is 36.9 Å². The third kappa shape index (κ3) is 7.06. The molecule has 5 rings (SSSR count). The van der Waals surface area contributed by atoms with Crippen LogP contribution < -0.4 is 15.5 Å². The minimum atomic E-state index is -1.13. The quantitative estimate of drug-likeness (QED) is 0.401. The molecule has 2 aromatic carbocycles. The molecule has 3 N–H and O–H groups in total. The van der Waals surface area contributed by atoms with Gasteiger partial charge in [0.15, 0.2) is 0 Å². The number of nitrogens with one attached hydrogen (secondary N) is 2. The molecule has 2 amide bonds. The lowest BCUT2D eigenvalue weighted by Gasteiger charge is -2.43. The van der Waals surface area contributed by atoms with Gasteiger partial charge in [0, 0.05) is 56.5 Å². The number of hydrogen-bond acceptors (Lipinski definition) is 7. The summed E-state index contributed by atoms with van der Waals surface area (Å²) in [5, 5.41) is 15.2. The smallest absolute Gasteiger partial charge is 0.322 e. The van der Waals surface area contributed by atoms with E-state index in [4.69, 9.17) is 9.84 Å². The van der Waals surface area contributed by atoms with Crippen molar-refractivity contribution in [2.75, 3.05) is 63.9 Å². The lowest BCUT2D eigenvalue weighted by Crippen LogP contribution is -2.62. The Morgan fingerprint density at radius 3 is 2.58 bits per heavy atom. The Balaban J connectivity index is 1.40. The number of anilines is 1. The molecule has 232 valence electrons. The molecule has 3 aliphatic rings. The van der Waals surface area contributed by atoms with Crippen molar-refractivity contribution in [2.45, 2.75) is 50.7 Å². The summed E-state index contributed by atoms with van der Waals surface area (Å²) in [4.78, 5) is 45.0. The maximum Gasteiger partial charge on any atom is 0.322 e. The Bertz CT molecular complexity index is 1340. The van der Waals surface area contributed by atoms with Crippen LogP contribution in [0.1, 0.15) is 37.5 Å². The number of piperazine rings is 1. The van der Waals surface area contributed by atoms with Crippen LogP contribution >= 0.6 is 0 Å². The molecule has 0 bridgehead atoms. The first-order valence-corrected chi connectivity index (χ1v) is 15.0. The number of hydrogen-bond donors (Lipinski definition) is 3. The average molecular weight is 596 g/mol. The van der Waals surface area contributed by atoms with Gasteiger partial charge in [-0.25, -0.2) is 4.39 Å². The SMILES string of the molecule is C[C@@H]1CN(CC(=O)N2CC(C)(C(=O)NCC(=O)O)c3ccc(Cc4ccc(F)cc4)cc32)[C@@H](CN2CCOC[C@H]2C)CN1. The molecule has 0 aliphatic carbocycles. The molecule has 3 aliphatic heterocycles. The highest BCUT2D eigenvalue weighted by Gasteiger charge is 2.47. The van der Waals surface area contributed by atoms with Crippen LogP contribution in [0.4, 0.5) is 10.1 Å². The molecule has 4 atom stereocenters. The van der Waals surface area contributed by atoms with Crippen LogP contribution in [0.5, 0.6) is 0 Å². The van der Waals surface area contributed by atoms with Crippen molar-refractivity contribution in [3.8, 4) is 0 Å². The Labute approximate surface area is 252 Å². The van der Waals surface area contributed by atoms with Gasteiger partial charge in [0.25, 0.3) is 0 Å². The van der Waals surface area contributed by atoms with Crippen molar-refractivity contribution < 1.29 is 28.6 Å². The normalized spacial score (nSPS) is 26.2. The second kappa shape index (κ2) is 13.1. The van der Waals surface area contributed by atoms with Crippen LogP contribution in [0.25, 0.3) is 0 Å². The van der Waals surface area contributed by atoms with Crippen LogP contribution in [0.2, 0.25) is 0 Å². The number of morpholine rings is 1. The van der Waals surface area contributed by atoms with E-state index >= 15 is 0 Å². The van der Waals surface area contributed by atoms with Crippen molar-refractivity contribution in [1.82, 2.24) is 20.4 Å². The molecular weight excluding hydrogens is 553 g/mol. The van der Waals surface area contributed by atoms with Crippen molar-refractivity contribution in [1.29, 1.82) is 0 Å². The van der Waals surface area contributed by atoms with Gasteiger partial charge in [-0.15, -0.1) is 0 Å². The van der Waals surface area contributed by atoms with E-state index in [2.05, 4.69) is 34.3 Å². The van der Waals surface area contributed by atoms with Crippen LogP contribution in [0.15, 0.2) is 42.5 Å². The molecule has 0 saturated carbocycles. The van der Waals surface area contributed by atoms with E-state index < -0.39 is 23.8 Å². The van der Waals surface area contributed by atoms with Gasteiger partial charge < -0.3 is 25.4 Å². The standard InChI is InChI=1S/C32H42FN5O5/c1-21-16-37(26(14-34-21)17-36-10-11-43-19-22(36)2)18-29(39)38-20-32(3,31(42)35-15-30(40)41)27-9-6-24(13-28(27)38)12-23-4-7-25(33)8-5-23/h4-9,13,21-22,26,34H,10-12,14-20H2,1-3H3,(H,35,42)(H,40,41)/t21-,22-,26-,32?/m1/s1. The molecule has 0 aromatic heterocycles. The zero-order valence-corrected chi connectivity index (χ0v) is 25.1. The van der Waals surface area contributed by atoms with Gasteiger partial charge in [-0.3, -0.25) is 24.2 Å². The molecule has 10 nitrogen and oxygen atoms in total. The third-order valence-corrected chi connectivity index (χ3v) is 8.96. The Morgan fingerprint density at radius 2 is 1.86 bits per heavy atom. The molecule has 43 heavy (non-hydrogen) atoms. The maximum atomic E-state index is 14.1. The monoisotopic (exact) mass is 595 g/mol. The van der Waals surface area contributed by atoms with E-state index in [9.17, 15) is 18.8 Å². The summed E-state index contributed by atoms with van der Waals surface area (Å²) < 4.78 is 19.1. The van der Waals surface area contributed by atoms with E-state index in [0.717, 1.165) is 37.3 Å². The van der Waals surface area contributed by atoms with Crippen molar-refractivity contribution in [3.05, 3.63) is 65.0 Å². The minimum absolute atomic E-state index is 0.107. The highest BCUT2D eigenvalue weighted by atomic mass is 19.1. The van der Waals surface area contributed by atoms with Gasteiger partial charge in [-0.05, 0) is 62.1 Å². The fraction of sp³-hybridized carbons (Fsp3) is 0.531. The number of carbonyl (C=O) groups excluding carboxylic acids is 2. The van der Waals surface area contributed by atoms with Gasteiger partial charge in [0.2, 0.25) is 11.8 Å². The largest absolute Gasteiger partial charge is 0.480 e. The summed E-state index contributed by atoms with van der Waals surface area (Å²) in [6.45, 7) is 10.4. The fourth-order valence-electron chi connectivity index (χ4n) is 6.44. The van der Waals surface area contributed by atoms with Crippen LogP contribution in [0.3, 0.4) is 0 Å². The van der Waals surface area contributed by atoms with Crippen LogP contribution in [-0.2, 0) is 31.0 Å². The van der Waals surface area contributed by atoms with E-state index in [0.29, 0.717) is 36.9 Å². The van der Waals surface area contributed by atoms with E-state index in [1.54, 1.807) is 24.0 Å². The highest BCUT2D eigenvalue weighted by molar-refractivity contribution is 6.03. The molecular formula is C32H42FN5O5. The topological polar surface area (TPSA) is 114 Å². The second-order valence-corrected chi connectivity index (χ2v) is 12.4. The Morgan fingerprint density at radius 1 is 1.12 bits per heavy atom. The summed E-state index contributed by atoms with van der Waals surface area (Å²) >= 11 is 0. The number of carboxylic acid groups (broad SMARTS) is 1. The predicted molar refractivity (Wildman–Crippen MR) is 161 cm³/mol. The van der Waals surface area contributed by atoms with Gasteiger partial charge >= 0.3 is 5.97 Å². The molecule has 0 spiro atoms. The lowest BCUT2D eigenvalue weighted by molar-refractivity contribution is -0.138. The number of halogens is 1. The number of aliphatic carboxylic acids is 1. The van der Waals surface area contributed by atoms with Crippen LogP contribution in [0, 0.1) is 5.82 Å². The molecule has 2 saturated heterocycles. The van der Waals surface area contributed by atoms with Gasteiger partial charge in [-0.2, -0.15) is 0 Å². The molecule has 2 aromatic rings. The molecule has 0 radical (unpaired) electrons. The summed E-state index contributed by atoms with van der Waals surface area (Å²) in [5.74, 6) is -1.98. The minimum Gasteiger partial charge on any atom is -0.480 e. The zero-order valence-electron chi connectivity index (χ0n) is 25.1. The van der Waals surface area contributed by atoms with Gasteiger partial charge in [0.05, 0.1) is 25.2 Å². The predicted octanol–water partition coefficient (Wildman–Crippen LogP) is 1.60. The van der Waals surface area contributed by atoms with Crippen LogP contribution in [-0.4, -0.2) is 110 Å². The van der Waals surface area contributed by atoms with Crippen molar-refractivity contribution in [3.63, 3.8) is 0 Å². The maximum absolute atomic E-state index is 14.1. The average Bonchev–Trinajstić information content (AvgIpc) is 3.28. The lowest BCUT2D eigenvalue weighted by atomic mass is 9.83. The first-order valence-electron chi connectivity index (χ1n) is 15.0. The number of benzene rings is 2. The fourth-order valence-corrected chi connectivity index (χ4v) is 6.44. The number of carbonyl (C=O) groups is 3.